The predicted molar refractivity (Wildman–Crippen MR) is 271 cm³/mol. The molecule has 0 bridgehead atoms. The number of benzene rings is 1. The van der Waals surface area contributed by atoms with E-state index in [0.29, 0.717) is 83.4 Å². The van der Waals surface area contributed by atoms with E-state index in [4.69, 9.17) is 28.7 Å². The summed E-state index contributed by atoms with van der Waals surface area (Å²) in [6.07, 6.45) is 3.99. The predicted octanol–water partition coefficient (Wildman–Crippen LogP) is 1.29. The van der Waals surface area contributed by atoms with Crippen LogP contribution in [0.5, 0.6) is 0 Å². The molecule has 4 amide bonds. The summed E-state index contributed by atoms with van der Waals surface area (Å²) in [6.45, 7) is 15.6. The third-order valence-electron chi connectivity index (χ3n) is 12.6. The molecule has 22 nitrogen and oxygen atoms in total. The van der Waals surface area contributed by atoms with Crippen molar-refractivity contribution in [1.29, 1.82) is 0 Å². The summed E-state index contributed by atoms with van der Waals surface area (Å²) in [7, 11) is 0. The number of aromatic amines is 1. The van der Waals surface area contributed by atoms with Crippen LogP contribution in [0.1, 0.15) is 66.3 Å². The number of aliphatic hydroxyl groups is 1. The van der Waals surface area contributed by atoms with Crippen molar-refractivity contribution in [2.75, 3.05) is 123 Å². The van der Waals surface area contributed by atoms with Crippen molar-refractivity contribution in [1.82, 2.24) is 45.5 Å². The Bertz CT molecular complexity index is 2490. The van der Waals surface area contributed by atoms with E-state index in [1.807, 2.05) is 68.9 Å². The van der Waals surface area contributed by atoms with Crippen LogP contribution in [-0.2, 0) is 49.4 Å². The number of nitrogens with one attached hydrogen (secondary N) is 4. The van der Waals surface area contributed by atoms with E-state index in [2.05, 4.69) is 35.8 Å². The number of hydrogen-bond donors (Lipinski definition) is 5. The zero-order chi connectivity index (χ0) is 52.1. The van der Waals surface area contributed by atoms with Crippen molar-refractivity contribution in [3.63, 3.8) is 0 Å². The number of anilines is 1. The van der Waals surface area contributed by atoms with Crippen LogP contribution >= 0.6 is 0 Å². The van der Waals surface area contributed by atoms with Gasteiger partial charge >= 0.3 is 0 Å². The minimum absolute atomic E-state index is 0.0649. The molecular formula is C51H72N10O12. The van der Waals surface area contributed by atoms with Gasteiger partial charge in [0.25, 0.3) is 11.5 Å². The van der Waals surface area contributed by atoms with Gasteiger partial charge in [-0.15, -0.1) is 0 Å². The van der Waals surface area contributed by atoms with Gasteiger partial charge in [0.15, 0.2) is 0 Å². The Balaban J connectivity index is 0.763. The van der Waals surface area contributed by atoms with Gasteiger partial charge in [-0.25, -0.2) is 4.98 Å². The number of ether oxygens (including phenoxy) is 5. The Hall–Kier alpha value is -6.14. The zero-order valence-electron chi connectivity index (χ0n) is 42.5. The molecular weight excluding hydrogens is 945 g/mol. The molecule has 2 saturated heterocycles. The largest absolute Gasteiger partial charge is 0.391 e. The van der Waals surface area contributed by atoms with E-state index in [-0.39, 0.29) is 74.8 Å². The number of carbonyl (C=O) groups excluding carboxylic acids is 5. The molecule has 5 heterocycles. The second kappa shape index (κ2) is 28.9. The Morgan fingerprint density at radius 2 is 1.44 bits per heavy atom. The summed E-state index contributed by atoms with van der Waals surface area (Å²) < 4.78 is 29.3. The van der Waals surface area contributed by atoms with Crippen LogP contribution in [0.4, 0.5) is 5.82 Å². The van der Waals surface area contributed by atoms with Crippen molar-refractivity contribution in [2.45, 2.75) is 71.7 Å². The van der Waals surface area contributed by atoms with Crippen molar-refractivity contribution in [3.8, 4) is 11.1 Å². The van der Waals surface area contributed by atoms with Gasteiger partial charge in [-0.05, 0) is 69.2 Å². The van der Waals surface area contributed by atoms with E-state index in [0.717, 1.165) is 71.8 Å². The number of fused-ring (bicyclic) bond motifs is 1. The maximum atomic E-state index is 13.7. The first-order valence-corrected chi connectivity index (χ1v) is 25.1. The van der Waals surface area contributed by atoms with Crippen molar-refractivity contribution in [2.24, 2.45) is 0 Å². The van der Waals surface area contributed by atoms with Crippen LogP contribution < -0.4 is 26.4 Å². The Morgan fingerprint density at radius 1 is 0.808 bits per heavy atom. The molecule has 0 radical (unpaired) electrons. The summed E-state index contributed by atoms with van der Waals surface area (Å²) in [5.74, 6) is -0.259. The van der Waals surface area contributed by atoms with Gasteiger partial charge in [0.05, 0.1) is 102 Å². The van der Waals surface area contributed by atoms with Crippen molar-refractivity contribution < 1.29 is 52.8 Å². The first-order chi connectivity index (χ1) is 35.3. The highest BCUT2D eigenvalue weighted by Gasteiger charge is 2.34. The molecule has 2 aliphatic rings. The summed E-state index contributed by atoms with van der Waals surface area (Å²) in [5, 5.41) is 23.4. The number of aryl methyl sites for hydroxylation is 2. The third-order valence-corrected chi connectivity index (χ3v) is 12.6. The van der Waals surface area contributed by atoms with Gasteiger partial charge in [-0.2, -0.15) is 5.10 Å². The molecule has 2 fully saturated rings. The number of likely N-dealkylation sites (tertiary alicyclic amines) is 1. The van der Waals surface area contributed by atoms with Gasteiger partial charge in [0.1, 0.15) is 12.1 Å². The first kappa shape index (κ1) is 56.2. The molecule has 5 N–H and O–H groups in total. The van der Waals surface area contributed by atoms with Gasteiger partial charge in [-0.3, -0.25) is 33.6 Å². The second-order valence-electron chi connectivity index (χ2n) is 18.3. The number of carbonyl (C=O) groups is 5. The second-order valence-corrected chi connectivity index (χ2v) is 18.3. The monoisotopic (exact) mass is 1020 g/mol. The van der Waals surface area contributed by atoms with E-state index in [1.165, 1.54) is 4.90 Å². The summed E-state index contributed by atoms with van der Waals surface area (Å²) in [5.41, 5.74) is 4.90. The van der Waals surface area contributed by atoms with Crippen LogP contribution in [0.3, 0.4) is 0 Å². The molecule has 1 aromatic carbocycles. The lowest BCUT2D eigenvalue weighted by Crippen LogP contribution is -2.48. The number of piperazine rings is 1. The maximum absolute atomic E-state index is 13.7. The summed E-state index contributed by atoms with van der Waals surface area (Å²) in [6, 6.07) is 9.23. The SMILES string of the molecule is Cc1cc(C)c(CNC(=O)c2cc(-c3ccc(N4CCN(CCNC(=O)CCOCCOCCOCCOCCOCCC(=O)NCC(=O)N5C[C@H](O)C[C@H]5C=O)CC4)nc3)cc3c2cnn3C(C)C)c(=O)[nH]1. The molecule has 0 saturated carbocycles. The van der Waals surface area contributed by atoms with E-state index < -0.39 is 18.1 Å². The number of rotatable bonds is 30. The van der Waals surface area contributed by atoms with Crippen LogP contribution in [0.2, 0.25) is 0 Å². The molecule has 0 spiro atoms. The molecule has 398 valence electrons. The Morgan fingerprint density at radius 3 is 2.03 bits per heavy atom. The number of aliphatic hydroxyl groups excluding tert-OH is 1. The summed E-state index contributed by atoms with van der Waals surface area (Å²) in [4.78, 5) is 87.6. The standard InChI is InChI=1S/C51H72N10O12/c1-35(2)61-45-27-39(26-42(44(45)31-56-61)50(67)55-30-43-36(3)25-37(4)57-51(43)68)38-5-6-46(53-29-38)59-13-11-58(12-14-59)10-9-52-47(64)7-15-69-17-19-71-21-23-73-24-22-72-20-18-70-16-8-48(65)54-32-49(66)60-33-41(63)28-40(60)34-62/h5-6,25-27,29,31,34-35,40-41,63H,7-24,28,30,32-33H2,1-4H3,(H,52,64)(H,54,65)(H,55,67)(H,57,68)/t40-,41+/m0/s1. The molecule has 22 heteroatoms. The van der Waals surface area contributed by atoms with Crippen molar-refractivity contribution >= 4 is 46.6 Å². The molecule has 2 aliphatic heterocycles. The molecule has 0 unspecified atom stereocenters. The number of amides is 4. The van der Waals surface area contributed by atoms with Gasteiger partial charge in [-0.1, -0.05) is 0 Å². The van der Waals surface area contributed by atoms with Crippen LogP contribution in [0, 0.1) is 13.8 Å². The Labute approximate surface area is 425 Å². The van der Waals surface area contributed by atoms with Gasteiger partial charge in [0, 0.05) is 106 Å². The van der Waals surface area contributed by atoms with Crippen molar-refractivity contribution in [3.05, 3.63) is 75.5 Å². The fourth-order valence-electron chi connectivity index (χ4n) is 8.60. The normalized spacial score (nSPS) is 16.1. The third kappa shape index (κ3) is 17.2. The molecule has 0 aliphatic carbocycles. The van der Waals surface area contributed by atoms with E-state index in [1.54, 1.807) is 6.20 Å². The maximum Gasteiger partial charge on any atom is 0.253 e. The lowest BCUT2D eigenvalue weighted by molar-refractivity contribution is -0.135. The lowest BCUT2D eigenvalue weighted by atomic mass is 10.0. The fourth-order valence-corrected chi connectivity index (χ4v) is 8.60. The number of hydrogen-bond acceptors (Lipinski definition) is 16. The van der Waals surface area contributed by atoms with Crippen LogP contribution in [-0.4, -0.2) is 195 Å². The molecule has 73 heavy (non-hydrogen) atoms. The minimum Gasteiger partial charge on any atom is -0.391 e. The zero-order valence-corrected chi connectivity index (χ0v) is 42.5. The summed E-state index contributed by atoms with van der Waals surface area (Å²) >= 11 is 0. The molecule has 6 rings (SSSR count). The number of aldehydes is 1. The molecule has 2 atom stereocenters. The number of aromatic nitrogens is 4. The number of H-pyrrole nitrogens is 1. The average Bonchev–Trinajstić information content (AvgIpc) is 3.99. The highest BCUT2D eigenvalue weighted by molar-refractivity contribution is 6.08. The van der Waals surface area contributed by atoms with Gasteiger partial charge < -0.3 is 64.3 Å². The number of nitrogens with zero attached hydrogens (tertiary/aromatic N) is 6. The molecule has 3 aromatic heterocycles. The fraction of sp³-hybridized carbons (Fsp3) is 0.569. The molecule has 4 aromatic rings. The van der Waals surface area contributed by atoms with E-state index in [9.17, 15) is 33.9 Å². The lowest BCUT2D eigenvalue weighted by Gasteiger charge is -2.35. The highest BCUT2D eigenvalue weighted by atomic mass is 16.6. The average molecular weight is 1020 g/mol. The van der Waals surface area contributed by atoms with Gasteiger partial charge in [0.2, 0.25) is 17.7 Å². The number of β-amino-alcohol motifs (C(OH)–C–C–N with tert-alkyl or cyclic N) is 1. The minimum atomic E-state index is -0.736. The van der Waals surface area contributed by atoms with Crippen LogP contribution in [0.25, 0.3) is 22.0 Å². The van der Waals surface area contributed by atoms with Crippen LogP contribution in [0.15, 0.2) is 47.5 Å². The first-order valence-electron chi connectivity index (χ1n) is 25.1. The quantitative estimate of drug-likeness (QED) is 0.0364. The Kier molecular flexibility index (Phi) is 22.3. The topological polar surface area (TPSA) is 261 Å². The highest BCUT2D eigenvalue weighted by Crippen LogP contribution is 2.30. The smallest absolute Gasteiger partial charge is 0.253 e. The number of pyridine rings is 2. The van der Waals surface area contributed by atoms with E-state index >= 15 is 0 Å².